The van der Waals surface area contributed by atoms with Crippen LogP contribution < -0.4 is 19.5 Å². The van der Waals surface area contributed by atoms with Crippen molar-refractivity contribution < 1.29 is 42.3 Å². The first kappa shape index (κ1) is 22.8. The van der Waals surface area contributed by atoms with E-state index >= 15 is 0 Å². The maximum atomic E-state index is 14.1. The van der Waals surface area contributed by atoms with Gasteiger partial charge < -0.3 is 14.7 Å². The first-order valence-electron chi connectivity index (χ1n) is 9.17. The van der Waals surface area contributed by atoms with Crippen LogP contribution in [-0.2, 0) is 6.18 Å². The molecule has 0 unspecified atom stereocenters. The average Bonchev–Trinajstić information content (AvgIpc) is 2.75. The molecule has 2 aromatic carbocycles. The van der Waals surface area contributed by atoms with E-state index in [1.54, 1.807) is 0 Å². The standard InChI is InChI=1S/C19H10Cl2F5N3O4/c1-32-16-13(3-2-12(22)15(16)23)33-14-5-10(19(24,25)26)11(21)4-9(14)17(30)28-18-27-6-8(20)7-29(18)31/h2-7H,1H3,(H,27,28,30)/i1D. The van der Waals surface area contributed by atoms with Crippen LogP contribution in [0.2, 0.25) is 10.0 Å². The number of aromatic nitrogens is 2. The van der Waals surface area contributed by atoms with E-state index in [0.717, 1.165) is 18.5 Å². The number of hydrogen-bond acceptors (Lipinski definition) is 5. The molecule has 0 bridgehead atoms. The molecule has 3 rings (SSSR count). The summed E-state index contributed by atoms with van der Waals surface area (Å²) in [4.78, 5) is 16.4. The van der Waals surface area contributed by atoms with Crippen LogP contribution in [0.3, 0.4) is 0 Å². The van der Waals surface area contributed by atoms with Crippen molar-refractivity contribution in [3.05, 3.63) is 74.7 Å². The van der Waals surface area contributed by atoms with Crippen molar-refractivity contribution in [1.82, 2.24) is 4.98 Å². The van der Waals surface area contributed by atoms with Crippen LogP contribution in [0.4, 0.5) is 27.9 Å². The number of nitrogens with zero attached hydrogens (tertiary/aromatic N) is 2. The minimum atomic E-state index is -4.98. The Labute approximate surface area is 193 Å². The Morgan fingerprint density at radius 2 is 1.97 bits per heavy atom. The highest BCUT2D eigenvalue weighted by Gasteiger charge is 2.36. The van der Waals surface area contributed by atoms with Gasteiger partial charge in [-0.25, -0.2) is 14.4 Å². The molecule has 1 aromatic heterocycles. The minimum absolute atomic E-state index is 0.0603. The van der Waals surface area contributed by atoms with E-state index in [1.165, 1.54) is 0 Å². The Balaban J connectivity index is 2.11. The van der Waals surface area contributed by atoms with Crippen LogP contribution in [0.5, 0.6) is 17.2 Å². The summed E-state index contributed by atoms with van der Waals surface area (Å²) in [5.41, 5.74) is -2.04. The Morgan fingerprint density at radius 1 is 1.24 bits per heavy atom. The van der Waals surface area contributed by atoms with Crippen molar-refractivity contribution in [2.75, 3.05) is 12.4 Å². The summed E-state index contributed by atoms with van der Waals surface area (Å²) < 4.78 is 84.9. The molecule has 0 aliphatic carbocycles. The predicted octanol–water partition coefficient (Wildman–Crippen LogP) is 5.37. The summed E-state index contributed by atoms with van der Waals surface area (Å²) in [6.45, 7) is 0. The molecule has 3 aromatic rings. The molecule has 0 spiro atoms. The number of methoxy groups -OCH3 is 1. The predicted molar refractivity (Wildman–Crippen MR) is 106 cm³/mol. The van der Waals surface area contributed by atoms with Crippen LogP contribution in [-0.4, -0.2) is 18.0 Å². The zero-order valence-corrected chi connectivity index (χ0v) is 17.4. The van der Waals surface area contributed by atoms with Crippen LogP contribution in [0, 0.1) is 16.8 Å². The van der Waals surface area contributed by atoms with Crippen molar-refractivity contribution in [1.29, 1.82) is 0 Å². The van der Waals surface area contributed by atoms with E-state index < -0.39 is 70.2 Å². The molecular weight excluding hydrogens is 500 g/mol. The maximum absolute atomic E-state index is 14.1. The molecule has 174 valence electrons. The lowest BCUT2D eigenvalue weighted by atomic mass is 10.1. The number of carbonyl (C=O) groups excluding carboxylic acids is 1. The van der Waals surface area contributed by atoms with Gasteiger partial charge in [0.05, 0.1) is 30.8 Å². The fraction of sp³-hybridized carbons (Fsp3) is 0.105. The summed E-state index contributed by atoms with van der Waals surface area (Å²) in [6.07, 6.45) is -3.10. The van der Waals surface area contributed by atoms with Crippen molar-refractivity contribution >= 4 is 35.1 Å². The molecule has 0 atom stereocenters. The SMILES string of the molecule is [2H]COc1c(Oc2cc(C(F)(F)F)c(Cl)cc2C(=O)Nc2ncc(Cl)c[n+]2[O-])ccc(F)c1F. The second kappa shape index (κ2) is 9.24. The zero-order chi connectivity index (χ0) is 25.2. The third-order valence-electron chi connectivity index (χ3n) is 3.98. The number of carbonyl (C=O) groups is 1. The van der Waals surface area contributed by atoms with Gasteiger partial charge in [-0.05, 0) is 24.3 Å². The topological polar surface area (TPSA) is 87.4 Å². The number of rotatable bonds is 5. The van der Waals surface area contributed by atoms with Gasteiger partial charge >= 0.3 is 18.0 Å². The van der Waals surface area contributed by atoms with Crippen LogP contribution >= 0.6 is 23.2 Å². The molecule has 7 nitrogen and oxygen atoms in total. The zero-order valence-electron chi connectivity index (χ0n) is 16.8. The Hall–Kier alpha value is -3.38. The molecule has 33 heavy (non-hydrogen) atoms. The maximum Gasteiger partial charge on any atom is 0.417 e. The fourth-order valence-corrected chi connectivity index (χ4v) is 2.93. The highest BCUT2D eigenvalue weighted by molar-refractivity contribution is 6.32. The van der Waals surface area contributed by atoms with Crippen molar-refractivity contribution in [3.63, 3.8) is 0 Å². The molecule has 1 heterocycles. The number of nitrogens with one attached hydrogen (secondary N) is 1. The number of ether oxygens (including phenoxy) is 2. The second-order valence-electron chi connectivity index (χ2n) is 6.14. The summed E-state index contributed by atoms with van der Waals surface area (Å²) in [5.74, 6) is -7.08. The van der Waals surface area contributed by atoms with E-state index in [2.05, 4.69) is 15.0 Å². The lowest BCUT2D eigenvalue weighted by Gasteiger charge is -2.17. The van der Waals surface area contributed by atoms with Crippen LogP contribution in [0.15, 0.2) is 36.7 Å². The highest BCUT2D eigenvalue weighted by Crippen LogP contribution is 2.42. The van der Waals surface area contributed by atoms with Gasteiger partial charge in [0, 0.05) is 0 Å². The fourth-order valence-electron chi connectivity index (χ4n) is 2.52. The van der Waals surface area contributed by atoms with Crippen LogP contribution in [0.1, 0.15) is 17.3 Å². The van der Waals surface area contributed by atoms with Gasteiger partial charge in [0.25, 0.3) is 0 Å². The first-order chi connectivity index (χ1) is 15.9. The Morgan fingerprint density at radius 3 is 2.61 bits per heavy atom. The number of benzene rings is 2. The average molecular weight is 511 g/mol. The lowest BCUT2D eigenvalue weighted by molar-refractivity contribution is -0.592. The third-order valence-corrected chi connectivity index (χ3v) is 4.49. The third kappa shape index (κ3) is 5.17. The van der Waals surface area contributed by atoms with Crippen LogP contribution in [0.25, 0.3) is 0 Å². The van der Waals surface area contributed by atoms with Gasteiger partial charge in [-0.2, -0.15) is 17.6 Å². The minimum Gasteiger partial charge on any atom is -0.740 e. The van der Waals surface area contributed by atoms with Crippen molar-refractivity contribution in [2.24, 2.45) is 0 Å². The molecule has 0 fully saturated rings. The lowest BCUT2D eigenvalue weighted by Crippen LogP contribution is -2.33. The summed E-state index contributed by atoms with van der Waals surface area (Å²) in [6, 6.07) is 2.37. The number of hydrogen-bond donors (Lipinski definition) is 1. The second-order valence-corrected chi connectivity index (χ2v) is 6.98. The molecule has 14 heteroatoms. The molecule has 1 N–H and O–H groups in total. The van der Waals surface area contributed by atoms with Gasteiger partial charge in [-0.3, -0.25) is 4.79 Å². The van der Waals surface area contributed by atoms with Crippen molar-refractivity contribution in [2.45, 2.75) is 6.18 Å². The van der Waals surface area contributed by atoms with E-state index in [0.29, 0.717) is 18.2 Å². The number of halogens is 7. The molecule has 0 radical (unpaired) electrons. The molecule has 0 saturated carbocycles. The van der Waals surface area contributed by atoms with Gasteiger partial charge in [0.2, 0.25) is 11.6 Å². The summed E-state index contributed by atoms with van der Waals surface area (Å²) in [5, 5.41) is 13.0. The summed E-state index contributed by atoms with van der Waals surface area (Å²) >= 11 is 11.3. The number of amides is 1. The number of alkyl halides is 3. The van der Waals surface area contributed by atoms with E-state index in [1.807, 2.05) is 0 Å². The smallest absolute Gasteiger partial charge is 0.417 e. The molecule has 0 aliphatic heterocycles. The Kier molecular flexibility index (Phi) is 6.38. The van der Waals surface area contributed by atoms with Gasteiger partial charge in [0.1, 0.15) is 17.0 Å². The normalized spacial score (nSPS) is 11.7. The van der Waals surface area contributed by atoms with Crippen molar-refractivity contribution in [3.8, 4) is 17.2 Å². The molecule has 0 saturated heterocycles. The van der Waals surface area contributed by atoms with Gasteiger partial charge in [-0.1, -0.05) is 28.2 Å². The Bertz CT molecular complexity index is 1260. The number of anilines is 1. The van der Waals surface area contributed by atoms with E-state index in [4.69, 9.17) is 29.3 Å². The largest absolute Gasteiger partial charge is 0.740 e. The first-order valence-corrected chi connectivity index (χ1v) is 9.22. The highest BCUT2D eigenvalue weighted by atomic mass is 35.5. The van der Waals surface area contributed by atoms with E-state index in [-0.39, 0.29) is 9.75 Å². The quantitative estimate of drug-likeness (QED) is 0.283. The molecule has 1 amide bonds. The molecule has 0 aliphatic rings. The van der Waals surface area contributed by atoms with E-state index in [9.17, 15) is 32.0 Å². The monoisotopic (exact) mass is 510 g/mol. The summed E-state index contributed by atoms with van der Waals surface area (Å²) in [7, 11) is -0.885. The van der Waals surface area contributed by atoms with Gasteiger partial charge in [0.15, 0.2) is 11.6 Å². The van der Waals surface area contributed by atoms with Gasteiger partial charge in [-0.15, -0.1) is 0 Å². The molecular formula is C19H10Cl2F5N3O4.